The Bertz CT molecular complexity index is 78.2. The lowest BCUT2D eigenvalue weighted by molar-refractivity contribution is 0.940. The molecule has 8 heavy (non-hydrogen) atoms. The second-order valence-electron chi connectivity index (χ2n) is 1.06. The van der Waals surface area contributed by atoms with Crippen molar-refractivity contribution in [2.45, 2.75) is 0 Å². The number of aromatic nitrogens is 3. The number of H-pyrrole nitrogens is 1. The van der Waals surface area contributed by atoms with Crippen LogP contribution in [0.4, 0.5) is 0 Å². The highest BCUT2D eigenvalue weighted by atomic mass is 32.2. The summed E-state index contributed by atoms with van der Waals surface area (Å²) in [6.07, 6.45) is 7.25. The van der Waals surface area contributed by atoms with Crippen LogP contribution in [0.25, 0.3) is 0 Å². The smallest absolute Gasteiger partial charge is 0.0690 e. The van der Waals surface area contributed by atoms with E-state index < -0.39 is 0 Å². The molecule has 4 heteroatoms. The van der Waals surface area contributed by atoms with Gasteiger partial charge >= 0.3 is 0 Å². The van der Waals surface area contributed by atoms with Crippen LogP contribution in [-0.2, 0) is 0 Å². The number of rotatable bonds is 0. The van der Waals surface area contributed by atoms with Crippen LogP contribution in [0.5, 0.6) is 0 Å². The molecule has 0 aliphatic heterocycles. The van der Waals surface area contributed by atoms with Crippen molar-refractivity contribution in [1.82, 2.24) is 15.4 Å². The van der Waals surface area contributed by atoms with Crippen molar-refractivity contribution in [3.8, 4) is 0 Å². The lowest BCUT2D eigenvalue weighted by Crippen LogP contribution is -1.61. The Hall–Kier alpha value is -0.510. The van der Waals surface area contributed by atoms with E-state index in [4.69, 9.17) is 0 Å². The van der Waals surface area contributed by atoms with Gasteiger partial charge in [0, 0.05) is 0 Å². The van der Waals surface area contributed by atoms with Crippen LogP contribution in [0.1, 0.15) is 0 Å². The summed E-state index contributed by atoms with van der Waals surface area (Å²) in [6.45, 7) is 0. The molecule has 1 rings (SSSR count). The molecule has 0 saturated carbocycles. The highest BCUT2D eigenvalue weighted by Gasteiger charge is 1.57. The fourth-order valence-corrected chi connectivity index (χ4v) is 0.167. The first-order chi connectivity index (χ1) is 3.91. The maximum atomic E-state index is 3.49. The molecule has 1 N–H and O–H groups in total. The van der Waals surface area contributed by atoms with Crippen molar-refractivity contribution < 1.29 is 0 Å². The van der Waals surface area contributed by atoms with E-state index >= 15 is 0 Å². The van der Waals surface area contributed by atoms with E-state index in [2.05, 4.69) is 15.4 Å². The zero-order chi connectivity index (χ0) is 6.24. The Balaban J connectivity index is 0.000000145. The van der Waals surface area contributed by atoms with Crippen LogP contribution < -0.4 is 0 Å². The first-order valence-corrected chi connectivity index (χ1v) is 3.75. The summed E-state index contributed by atoms with van der Waals surface area (Å²) in [5, 5.41) is 9.33. The summed E-state index contributed by atoms with van der Waals surface area (Å²) >= 11 is 1.75. The van der Waals surface area contributed by atoms with Crippen molar-refractivity contribution in [3.05, 3.63) is 12.4 Å². The summed E-state index contributed by atoms with van der Waals surface area (Å²) in [4.78, 5) is 0. The molecule has 0 bridgehead atoms. The predicted octanol–water partition coefficient (Wildman–Crippen LogP) is 0.784. The van der Waals surface area contributed by atoms with Gasteiger partial charge in [-0.1, -0.05) is 0 Å². The number of aromatic amines is 1. The zero-order valence-corrected chi connectivity index (χ0v) is 5.77. The molecule has 0 spiro atoms. The van der Waals surface area contributed by atoms with Crippen LogP contribution >= 0.6 is 11.8 Å². The Morgan fingerprint density at radius 2 is 1.62 bits per heavy atom. The van der Waals surface area contributed by atoms with Gasteiger partial charge < -0.3 is 0 Å². The third kappa shape index (κ3) is 5.49. The van der Waals surface area contributed by atoms with Crippen LogP contribution in [0, 0.1) is 0 Å². The van der Waals surface area contributed by atoms with E-state index in [1.165, 1.54) is 0 Å². The summed E-state index contributed by atoms with van der Waals surface area (Å²) in [5.41, 5.74) is 0. The summed E-state index contributed by atoms with van der Waals surface area (Å²) < 4.78 is 0. The van der Waals surface area contributed by atoms with E-state index in [1.54, 1.807) is 24.2 Å². The van der Waals surface area contributed by atoms with Crippen LogP contribution in [0.15, 0.2) is 12.4 Å². The van der Waals surface area contributed by atoms with Gasteiger partial charge in [0.2, 0.25) is 0 Å². The fourth-order valence-electron chi connectivity index (χ4n) is 0.167. The van der Waals surface area contributed by atoms with Crippen molar-refractivity contribution in [2.24, 2.45) is 0 Å². The van der Waals surface area contributed by atoms with Crippen molar-refractivity contribution >= 4 is 11.8 Å². The Morgan fingerprint density at radius 1 is 1.25 bits per heavy atom. The molecule has 1 heterocycles. The van der Waals surface area contributed by atoms with Gasteiger partial charge in [0.25, 0.3) is 0 Å². The van der Waals surface area contributed by atoms with Gasteiger partial charge in [-0.2, -0.15) is 27.2 Å². The van der Waals surface area contributed by atoms with Gasteiger partial charge in [-0.15, -0.1) is 0 Å². The molecule has 0 amide bonds. The van der Waals surface area contributed by atoms with E-state index in [0.717, 1.165) is 0 Å². The molecule has 1 aromatic rings. The number of thioether (sulfide) groups is 1. The average Bonchev–Trinajstić information content (AvgIpc) is 2.17. The second kappa shape index (κ2) is 6.49. The minimum atomic E-state index is 1.58. The maximum Gasteiger partial charge on any atom is 0.0690 e. The van der Waals surface area contributed by atoms with Gasteiger partial charge in [0.15, 0.2) is 0 Å². The molecule has 0 radical (unpaired) electrons. The lowest BCUT2D eigenvalue weighted by atomic mass is 11.0. The molecule has 0 aliphatic rings. The molecule has 0 atom stereocenters. The predicted molar refractivity (Wildman–Crippen MR) is 35.8 cm³/mol. The molecule has 1 aromatic heterocycles. The SMILES string of the molecule is CSC.c1cn[nH]n1. The zero-order valence-electron chi connectivity index (χ0n) is 4.96. The van der Waals surface area contributed by atoms with Crippen molar-refractivity contribution in [3.63, 3.8) is 0 Å². The van der Waals surface area contributed by atoms with E-state index in [-0.39, 0.29) is 0 Å². The van der Waals surface area contributed by atoms with E-state index in [0.29, 0.717) is 0 Å². The van der Waals surface area contributed by atoms with Gasteiger partial charge in [-0.25, -0.2) is 0 Å². The molecule has 0 fully saturated rings. The van der Waals surface area contributed by atoms with Gasteiger partial charge in [-0.05, 0) is 12.5 Å². The number of nitrogens with one attached hydrogen (secondary N) is 1. The monoisotopic (exact) mass is 131 g/mol. The van der Waals surface area contributed by atoms with Crippen LogP contribution in [-0.4, -0.2) is 27.9 Å². The third-order valence-corrected chi connectivity index (χ3v) is 0.331. The topological polar surface area (TPSA) is 41.6 Å². The first-order valence-electron chi connectivity index (χ1n) is 2.11. The van der Waals surface area contributed by atoms with Crippen LogP contribution in [0.3, 0.4) is 0 Å². The van der Waals surface area contributed by atoms with Crippen molar-refractivity contribution in [2.75, 3.05) is 12.5 Å². The van der Waals surface area contributed by atoms with Crippen molar-refractivity contribution in [1.29, 1.82) is 0 Å². The van der Waals surface area contributed by atoms with E-state index in [9.17, 15) is 0 Å². The van der Waals surface area contributed by atoms with E-state index in [1.807, 2.05) is 12.5 Å². The quantitative estimate of drug-likeness (QED) is 0.566. The Labute approximate surface area is 52.9 Å². The minimum Gasteiger partial charge on any atom is -0.198 e. The first kappa shape index (κ1) is 7.49. The number of nitrogens with zero attached hydrogens (tertiary/aromatic N) is 2. The molecule has 0 saturated heterocycles. The molecule has 46 valence electrons. The summed E-state index contributed by atoms with van der Waals surface area (Å²) in [6, 6.07) is 0. The second-order valence-corrected chi connectivity index (χ2v) is 1.88. The largest absolute Gasteiger partial charge is 0.198 e. The molecule has 3 nitrogen and oxygen atoms in total. The summed E-state index contributed by atoms with van der Waals surface area (Å²) in [7, 11) is 0. The third-order valence-electron chi connectivity index (χ3n) is 0.331. The Morgan fingerprint density at radius 3 is 1.75 bits per heavy atom. The molecular weight excluding hydrogens is 122 g/mol. The highest BCUT2D eigenvalue weighted by Crippen LogP contribution is 1.70. The fraction of sp³-hybridized carbons (Fsp3) is 0.500. The van der Waals surface area contributed by atoms with Gasteiger partial charge in [0.1, 0.15) is 0 Å². The molecular formula is C4H9N3S. The summed E-state index contributed by atoms with van der Waals surface area (Å²) in [5.74, 6) is 0. The molecule has 0 aliphatic carbocycles. The minimum absolute atomic E-state index is 1.58. The lowest BCUT2D eigenvalue weighted by Gasteiger charge is -1.51. The normalized spacial score (nSPS) is 7.25. The molecule has 0 aromatic carbocycles. The molecule has 0 unspecified atom stereocenters. The standard InChI is InChI=1S/C2H3N3.C2H6S/c1-2-4-5-3-1;1-3-2/h1-2H,(H,3,4,5);1-2H3. The van der Waals surface area contributed by atoms with Crippen LogP contribution in [0.2, 0.25) is 0 Å². The number of hydrogen-bond donors (Lipinski definition) is 1. The Kier molecular flexibility index (Phi) is 6.08. The van der Waals surface area contributed by atoms with Gasteiger partial charge in [0.05, 0.1) is 12.4 Å². The average molecular weight is 131 g/mol. The highest BCUT2D eigenvalue weighted by molar-refractivity contribution is 7.97. The maximum absolute atomic E-state index is 3.49. The van der Waals surface area contributed by atoms with Gasteiger partial charge in [-0.3, -0.25) is 0 Å². The number of hydrogen-bond acceptors (Lipinski definition) is 3.